The van der Waals surface area contributed by atoms with Crippen LogP contribution in [0.3, 0.4) is 0 Å². The third-order valence-corrected chi connectivity index (χ3v) is 4.41. The average Bonchev–Trinajstić information content (AvgIpc) is 3.19. The van der Waals surface area contributed by atoms with Crippen molar-refractivity contribution in [2.45, 2.75) is 38.8 Å². The van der Waals surface area contributed by atoms with Gasteiger partial charge in [-0.25, -0.2) is 0 Å². The first kappa shape index (κ1) is 23.5. The summed E-state index contributed by atoms with van der Waals surface area (Å²) in [7, 11) is 4.04. The number of guanidine groups is 1. The van der Waals surface area contributed by atoms with E-state index < -0.39 is 0 Å². The fourth-order valence-corrected chi connectivity index (χ4v) is 3.13. The zero-order valence-corrected chi connectivity index (χ0v) is 19.1. The molecule has 2 rings (SSSR count). The quantitative estimate of drug-likeness (QED) is 0.246. The number of nitrogens with zero attached hydrogens (tertiary/aromatic N) is 3. The second kappa shape index (κ2) is 12.8. The van der Waals surface area contributed by atoms with Crippen LogP contribution < -0.4 is 5.32 Å². The van der Waals surface area contributed by atoms with Crippen molar-refractivity contribution < 1.29 is 9.47 Å². The SMILES string of the molecule is CCNC(=NCCCOCC1CCCO1)N(C)Cc1cc(Cl)cn1C.I. The maximum Gasteiger partial charge on any atom is 0.194 e. The molecule has 150 valence electrons. The molecule has 6 nitrogen and oxygen atoms in total. The van der Waals surface area contributed by atoms with Crippen LogP contribution in [-0.4, -0.2) is 61.5 Å². The summed E-state index contributed by atoms with van der Waals surface area (Å²) in [6, 6.07) is 1.99. The van der Waals surface area contributed by atoms with Gasteiger partial charge in [0.05, 0.1) is 24.3 Å². The molecule has 2 heterocycles. The van der Waals surface area contributed by atoms with E-state index in [1.54, 1.807) is 0 Å². The third-order valence-electron chi connectivity index (χ3n) is 4.21. The van der Waals surface area contributed by atoms with Gasteiger partial charge >= 0.3 is 0 Å². The molecule has 1 saturated heterocycles. The van der Waals surface area contributed by atoms with Crippen molar-refractivity contribution in [3.63, 3.8) is 0 Å². The lowest BCUT2D eigenvalue weighted by molar-refractivity contribution is 0.0170. The Hall–Kier alpha value is -0.510. The predicted octanol–water partition coefficient (Wildman–Crippen LogP) is 3.28. The normalized spacial score (nSPS) is 17.2. The highest BCUT2D eigenvalue weighted by molar-refractivity contribution is 14.0. The Labute approximate surface area is 179 Å². The van der Waals surface area contributed by atoms with Crippen LogP contribution in [0.1, 0.15) is 31.9 Å². The van der Waals surface area contributed by atoms with Crippen LogP contribution in [-0.2, 0) is 23.1 Å². The molecule has 26 heavy (non-hydrogen) atoms. The van der Waals surface area contributed by atoms with Crippen molar-refractivity contribution in [3.05, 3.63) is 23.0 Å². The van der Waals surface area contributed by atoms with Crippen LogP contribution in [0.15, 0.2) is 17.3 Å². The molecule has 1 aromatic rings. The van der Waals surface area contributed by atoms with Gasteiger partial charge < -0.3 is 24.3 Å². The molecule has 0 amide bonds. The molecule has 1 N–H and O–H groups in total. The van der Waals surface area contributed by atoms with Crippen molar-refractivity contribution in [3.8, 4) is 0 Å². The summed E-state index contributed by atoms with van der Waals surface area (Å²) in [5.74, 6) is 0.902. The number of aryl methyl sites for hydroxylation is 1. The molecule has 1 atom stereocenters. The zero-order valence-electron chi connectivity index (χ0n) is 16.0. The minimum atomic E-state index is 0. The van der Waals surface area contributed by atoms with Gasteiger partial charge in [-0.05, 0) is 32.3 Å². The highest BCUT2D eigenvalue weighted by Crippen LogP contribution is 2.14. The van der Waals surface area contributed by atoms with Crippen LogP contribution >= 0.6 is 35.6 Å². The second-order valence-corrected chi connectivity index (χ2v) is 6.85. The van der Waals surface area contributed by atoms with Crippen molar-refractivity contribution in [2.75, 3.05) is 40.0 Å². The van der Waals surface area contributed by atoms with Gasteiger partial charge in [-0.2, -0.15) is 0 Å². The van der Waals surface area contributed by atoms with E-state index >= 15 is 0 Å². The van der Waals surface area contributed by atoms with E-state index in [4.69, 9.17) is 26.1 Å². The first-order valence-electron chi connectivity index (χ1n) is 9.09. The minimum absolute atomic E-state index is 0. The summed E-state index contributed by atoms with van der Waals surface area (Å²) >= 11 is 6.06. The molecule has 0 radical (unpaired) electrons. The molecule has 1 aromatic heterocycles. The number of nitrogens with one attached hydrogen (secondary N) is 1. The molecule has 1 aliphatic heterocycles. The van der Waals surface area contributed by atoms with Gasteiger partial charge in [0, 0.05) is 52.3 Å². The highest BCUT2D eigenvalue weighted by Gasteiger charge is 2.15. The fraction of sp³-hybridized carbons (Fsp3) is 0.722. The molecule has 8 heteroatoms. The van der Waals surface area contributed by atoms with Gasteiger partial charge in [0.2, 0.25) is 0 Å². The molecule has 1 unspecified atom stereocenters. The van der Waals surface area contributed by atoms with Gasteiger partial charge in [0.1, 0.15) is 0 Å². The molecular weight excluding hydrogens is 467 g/mol. The summed E-state index contributed by atoms with van der Waals surface area (Å²) < 4.78 is 13.3. The fourth-order valence-electron chi connectivity index (χ4n) is 2.85. The summed E-state index contributed by atoms with van der Waals surface area (Å²) in [6.45, 7) is 6.72. The summed E-state index contributed by atoms with van der Waals surface area (Å²) in [4.78, 5) is 6.81. The van der Waals surface area contributed by atoms with E-state index in [-0.39, 0.29) is 24.0 Å². The Morgan fingerprint density at radius 1 is 1.54 bits per heavy atom. The number of rotatable bonds is 9. The van der Waals surface area contributed by atoms with Gasteiger partial charge in [-0.15, -0.1) is 24.0 Å². The number of aliphatic imine (C=N–C) groups is 1. The van der Waals surface area contributed by atoms with Gasteiger partial charge in [-0.1, -0.05) is 11.6 Å². The van der Waals surface area contributed by atoms with Crippen LogP contribution in [0.25, 0.3) is 0 Å². The van der Waals surface area contributed by atoms with E-state index in [0.29, 0.717) is 12.7 Å². The van der Waals surface area contributed by atoms with Crippen LogP contribution in [0.5, 0.6) is 0 Å². The standard InChI is InChI=1S/C18H31ClN4O2.HI/c1-4-20-18(23(3)13-16-11-15(19)12-22(16)2)21-8-6-9-24-14-17-7-5-10-25-17;/h11-12,17H,4-10,13-14H2,1-3H3,(H,20,21);1H. The van der Waals surface area contributed by atoms with Crippen molar-refractivity contribution >= 4 is 41.5 Å². The van der Waals surface area contributed by atoms with Crippen LogP contribution in [0.4, 0.5) is 0 Å². The lowest BCUT2D eigenvalue weighted by Crippen LogP contribution is -2.39. The smallest absolute Gasteiger partial charge is 0.194 e. The largest absolute Gasteiger partial charge is 0.379 e. The summed E-state index contributed by atoms with van der Waals surface area (Å²) in [5, 5.41) is 4.10. The molecule has 0 spiro atoms. The number of ether oxygens (including phenoxy) is 2. The van der Waals surface area contributed by atoms with Gasteiger partial charge in [0.15, 0.2) is 5.96 Å². The highest BCUT2D eigenvalue weighted by atomic mass is 127. The van der Waals surface area contributed by atoms with Gasteiger partial charge in [-0.3, -0.25) is 4.99 Å². The molecule has 0 aliphatic carbocycles. The van der Waals surface area contributed by atoms with Gasteiger partial charge in [0.25, 0.3) is 0 Å². The van der Waals surface area contributed by atoms with Crippen LogP contribution in [0.2, 0.25) is 5.02 Å². The Balaban J connectivity index is 0.00000338. The lowest BCUT2D eigenvalue weighted by atomic mass is 10.2. The van der Waals surface area contributed by atoms with E-state index in [1.807, 2.05) is 30.9 Å². The van der Waals surface area contributed by atoms with Crippen molar-refractivity contribution in [1.82, 2.24) is 14.8 Å². The van der Waals surface area contributed by atoms with E-state index in [0.717, 1.165) is 68.8 Å². The lowest BCUT2D eigenvalue weighted by Gasteiger charge is -2.22. The number of aromatic nitrogens is 1. The molecular formula is C18H32ClIN4O2. The molecule has 1 fully saturated rings. The summed E-state index contributed by atoms with van der Waals surface area (Å²) in [6.07, 6.45) is 5.40. The Morgan fingerprint density at radius 2 is 2.35 bits per heavy atom. The van der Waals surface area contributed by atoms with Crippen molar-refractivity contribution in [2.24, 2.45) is 12.0 Å². The average molecular weight is 499 g/mol. The second-order valence-electron chi connectivity index (χ2n) is 6.42. The van der Waals surface area contributed by atoms with E-state index in [1.165, 1.54) is 0 Å². The van der Waals surface area contributed by atoms with Crippen LogP contribution in [0, 0.1) is 0 Å². The molecule has 0 saturated carbocycles. The predicted molar refractivity (Wildman–Crippen MR) is 118 cm³/mol. The Morgan fingerprint density at radius 3 is 2.96 bits per heavy atom. The third kappa shape index (κ3) is 8.02. The zero-order chi connectivity index (χ0) is 18.1. The molecule has 1 aliphatic rings. The maximum atomic E-state index is 6.06. The van der Waals surface area contributed by atoms with E-state index in [9.17, 15) is 0 Å². The molecule has 0 bridgehead atoms. The number of hydrogen-bond donors (Lipinski definition) is 1. The topological polar surface area (TPSA) is 51.0 Å². The summed E-state index contributed by atoms with van der Waals surface area (Å²) in [5.41, 5.74) is 1.15. The minimum Gasteiger partial charge on any atom is -0.379 e. The Kier molecular flexibility index (Phi) is 11.6. The number of halogens is 2. The number of hydrogen-bond acceptors (Lipinski definition) is 3. The Bertz CT molecular complexity index is 547. The first-order valence-corrected chi connectivity index (χ1v) is 9.47. The van der Waals surface area contributed by atoms with E-state index in [2.05, 4.69) is 17.1 Å². The molecule has 0 aromatic carbocycles. The monoisotopic (exact) mass is 498 g/mol. The maximum absolute atomic E-state index is 6.06. The first-order chi connectivity index (χ1) is 12.1. The van der Waals surface area contributed by atoms with Crippen molar-refractivity contribution in [1.29, 1.82) is 0 Å².